The van der Waals surface area contributed by atoms with Crippen LogP contribution in [0, 0.1) is 0 Å². The first-order valence-electron chi connectivity index (χ1n) is 7.57. The summed E-state index contributed by atoms with van der Waals surface area (Å²) >= 11 is 0. The molecule has 2 rings (SSSR count). The first-order chi connectivity index (χ1) is 10.8. The predicted octanol–water partition coefficient (Wildman–Crippen LogP) is 3.28. The minimum Gasteiger partial charge on any atom is -0.508 e. The highest BCUT2D eigenvalue weighted by Crippen LogP contribution is 2.35. The second-order valence-electron chi connectivity index (χ2n) is 6.03. The van der Waals surface area contributed by atoms with Gasteiger partial charge >= 0.3 is 5.97 Å². The van der Waals surface area contributed by atoms with Gasteiger partial charge in [0.25, 0.3) is 0 Å². The Morgan fingerprint density at radius 1 is 1.12 bits per heavy atom. The number of hydrogen-bond donors (Lipinski definition) is 1. The largest absolute Gasteiger partial charge is 0.508 e. The SMILES string of the molecule is CCOC(=O)c1c(CN(C)C)oc2ccc(O)c(CN(C)C)c12.Cl.Cl. The van der Waals surface area contributed by atoms with Crippen molar-refractivity contribution in [2.75, 3.05) is 34.8 Å². The highest BCUT2D eigenvalue weighted by atomic mass is 35.5. The van der Waals surface area contributed by atoms with E-state index < -0.39 is 5.97 Å². The molecule has 0 bridgehead atoms. The van der Waals surface area contributed by atoms with Gasteiger partial charge in [0.15, 0.2) is 0 Å². The number of rotatable bonds is 6. The van der Waals surface area contributed by atoms with E-state index >= 15 is 0 Å². The lowest BCUT2D eigenvalue weighted by molar-refractivity contribution is 0.0524. The zero-order valence-corrected chi connectivity index (χ0v) is 16.8. The zero-order valence-electron chi connectivity index (χ0n) is 15.2. The van der Waals surface area contributed by atoms with E-state index in [2.05, 4.69) is 0 Å². The van der Waals surface area contributed by atoms with E-state index in [-0.39, 0.29) is 37.2 Å². The van der Waals surface area contributed by atoms with Crippen LogP contribution in [0.1, 0.15) is 28.6 Å². The van der Waals surface area contributed by atoms with Crippen LogP contribution < -0.4 is 0 Å². The number of hydrogen-bond acceptors (Lipinski definition) is 6. The van der Waals surface area contributed by atoms with Crippen LogP contribution in [0.3, 0.4) is 0 Å². The van der Waals surface area contributed by atoms with E-state index in [1.165, 1.54) is 0 Å². The summed E-state index contributed by atoms with van der Waals surface area (Å²) in [7, 11) is 7.62. The van der Waals surface area contributed by atoms with Crippen molar-refractivity contribution in [3.8, 4) is 5.75 Å². The lowest BCUT2D eigenvalue weighted by Crippen LogP contribution is -2.15. The topological polar surface area (TPSA) is 66.1 Å². The van der Waals surface area contributed by atoms with Gasteiger partial charge in [-0.1, -0.05) is 0 Å². The molecule has 0 amide bonds. The summed E-state index contributed by atoms with van der Waals surface area (Å²) in [6.07, 6.45) is 0. The summed E-state index contributed by atoms with van der Waals surface area (Å²) in [5.74, 6) is 0.275. The molecule has 0 aliphatic rings. The Bertz CT molecular complexity index is 714. The minimum atomic E-state index is -0.422. The lowest BCUT2D eigenvalue weighted by atomic mass is 10.0. The van der Waals surface area contributed by atoms with Gasteiger partial charge in [0, 0.05) is 17.5 Å². The fraction of sp³-hybridized carbons (Fsp3) is 0.471. The van der Waals surface area contributed by atoms with Crippen LogP contribution in [0.25, 0.3) is 11.0 Å². The molecule has 1 aromatic heterocycles. The second-order valence-corrected chi connectivity index (χ2v) is 6.03. The predicted molar refractivity (Wildman–Crippen MR) is 103 cm³/mol. The number of nitrogens with zero attached hydrogens (tertiary/aromatic N) is 2. The summed E-state index contributed by atoms with van der Waals surface area (Å²) in [6.45, 7) is 3.03. The Balaban J connectivity index is 0.00000288. The monoisotopic (exact) mass is 392 g/mol. The quantitative estimate of drug-likeness (QED) is 0.760. The van der Waals surface area contributed by atoms with Crippen molar-refractivity contribution in [2.24, 2.45) is 0 Å². The number of halogens is 2. The van der Waals surface area contributed by atoms with Crippen molar-refractivity contribution in [1.82, 2.24) is 9.80 Å². The van der Waals surface area contributed by atoms with E-state index in [0.29, 0.717) is 40.9 Å². The number of carbonyl (C=O) groups excluding carboxylic acids is 1. The molecule has 0 aliphatic heterocycles. The third-order valence-corrected chi connectivity index (χ3v) is 3.43. The van der Waals surface area contributed by atoms with Crippen LogP contribution in [-0.4, -0.2) is 55.7 Å². The average Bonchev–Trinajstić information content (AvgIpc) is 2.79. The van der Waals surface area contributed by atoms with Gasteiger partial charge < -0.3 is 24.1 Å². The number of benzene rings is 1. The number of fused-ring (bicyclic) bond motifs is 1. The van der Waals surface area contributed by atoms with Crippen molar-refractivity contribution in [3.63, 3.8) is 0 Å². The number of ether oxygens (including phenoxy) is 1. The smallest absolute Gasteiger partial charge is 0.342 e. The molecule has 0 unspecified atom stereocenters. The van der Waals surface area contributed by atoms with E-state index in [1.807, 2.05) is 38.0 Å². The van der Waals surface area contributed by atoms with Crippen molar-refractivity contribution in [1.29, 1.82) is 0 Å². The maximum atomic E-state index is 12.5. The Hall–Kier alpha value is -1.47. The highest BCUT2D eigenvalue weighted by Gasteiger charge is 2.26. The van der Waals surface area contributed by atoms with Crippen molar-refractivity contribution < 1.29 is 19.1 Å². The van der Waals surface area contributed by atoms with Gasteiger partial charge in [-0.15, -0.1) is 24.8 Å². The Labute approximate surface area is 160 Å². The molecule has 0 aliphatic carbocycles. The number of phenols is 1. The molecular formula is C17H26Cl2N2O4. The Kier molecular flexibility index (Phi) is 9.29. The van der Waals surface area contributed by atoms with Gasteiger partial charge in [-0.3, -0.25) is 0 Å². The van der Waals surface area contributed by atoms with E-state index in [0.717, 1.165) is 0 Å². The molecule has 1 heterocycles. The lowest BCUT2D eigenvalue weighted by Gasteiger charge is -2.13. The molecule has 25 heavy (non-hydrogen) atoms. The molecule has 0 radical (unpaired) electrons. The molecule has 0 atom stereocenters. The van der Waals surface area contributed by atoms with Crippen molar-refractivity contribution >= 4 is 41.8 Å². The van der Waals surface area contributed by atoms with Gasteiger partial charge in [-0.25, -0.2) is 4.79 Å². The van der Waals surface area contributed by atoms with E-state index in [4.69, 9.17) is 9.15 Å². The third kappa shape index (κ3) is 5.25. The van der Waals surface area contributed by atoms with E-state index in [1.54, 1.807) is 19.1 Å². The van der Waals surface area contributed by atoms with Gasteiger partial charge in [0.1, 0.15) is 22.7 Å². The van der Waals surface area contributed by atoms with Crippen LogP contribution in [0.4, 0.5) is 0 Å². The summed E-state index contributed by atoms with van der Waals surface area (Å²) in [4.78, 5) is 16.3. The van der Waals surface area contributed by atoms with Crippen LogP contribution in [-0.2, 0) is 17.8 Å². The summed E-state index contributed by atoms with van der Waals surface area (Å²) in [5.41, 5.74) is 1.66. The maximum Gasteiger partial charge on any atom is 0.342 e. The molecule has 142 valence electrons. The number of aromatic hydroxyl groups is 1. The number of furan rings is 1. The molecule has 0 fully saturated rings. The summed E-state index contributed by atoms with van der Waals surface area (Å²) < 4.78 is 11.1. The van der Waals surface area contributed by atoms with Gasteiger partial charge in [-0.05, 0) is 47.2 Å². The maximum absolute atomic E-state index is 12.5. The van der Waals surface area contributed by atoms with Gasteiger partial charge in [0.2, 0.25) is 0 Å². The number of esters is 1. The van der Waals surface area contributed by atoms with E-state index in [9.17, 15) is 9.90 Å². The molecule has 0 saturated carbocycles. The molecule has 1 N–H and O–H groups in total. The van der Waals surface area contributed by atoms with Crippen LogP contribution in [0.5, 0.6) is 5.75 Å². The van der Waals surface area contributed by atoms with Crippen LogP contribution in [0.15, 0.2) is 16.5 Å². The highest BCUT2D eigenvalue weighted by molar-refractivity contribution is 6.06. The standard InChI is InChI=1S/C17H24N2O4.2ClH/c1-6-22-17(21)16-14(10-19(4)5)23-13-8-7-12(20)11(15(13)16)9-18(2)3;;/h7-8,20H,6,9-10H2,1-5H3;2*1H. The Morgan fingerprint density at radius 3 is 2.24 bits per heavy atom. The van der Waals surface area contributed by atoms with Crippen molar-refractivity contribution in [2.45, 2.75) is 20.0 Å². The fourth-order valence-electron chi connectivity index (χ4n) is 2.59. The fourth-order valence-corrected chi connectivity index (χ4v) is 2.59. The summed E-state index contributed by atoms with van der Waals surface area (Å²) in [6, 6.07) is 3.28. The normalized spacial score (nSPS) is 10.7. The zero-order chi connectivity index (χ0) is 17.1. The first-order valence-corrected chi connectivity index (χ1v) is 7.57. The third-order valence-electron chi connectivity index (χ3n) is 3.43. The first kappa shape index (κ1) is 23.5. The molecule has 0 spiro atoms. The average molecular weight is 393 g/mol. The molecule has 8 heteroatoms. The Morgan fingerprint density at radius 2 is 1.72 bits per heavy atom. The molecule has 6 nitrogen and oxygen atoms in total. The molecule has 1 aromatic carbocycles. The second kappa shape index (κ2) is 9.87. The summed E-state index contributed by atoms with van der Waals surface area (Å²) in [5, 5.41) is 10.9. The number of phenolic OH excluding ortho intramolecular Hbond substituents is 1. The molecule has 2 aromatic rings. The van der Waals surface area contributed by atoms with Gasteiger partial charge in [0.05, 0.1) is 13.2 Å². The van der Waals surface area contributed by atoms with Crippen LogP contribution >= 0.6 is 24.8 Å². The minimum absolute atomic E-state index is 0. The molecular weight excluding hydrogens is 367 g/mol. The number of carbonyl (C=O) groups is 1. The van der Waals surface area contributed by atoms with Crippen LogP contribution in [0.2, 0.25) is 0 Å². The molecule has 0 saturated heterocycles. The van der Waals surface area contributed by atoms with Crippen molar-refractivity contribution in [3.05, 3.63) is 29.0 Å². The van der Waals surface area contributed by atoms with Gasteiger partial charge in [-0.2, -0.15) is 0 Å².